The van der Waals surface area contributed by atoms with Gasteiger partial charge in [-0.05, 0) is 25.7 Å². The Bertz CT molecular complexity index is 176. The molecule has 0 spiro atoms. The second-order valence-corrected chi connectivity index (χ2v) is 5.60. The van der Waals surface area contributed by atoms with Crippen LogP contribution in [0.5, 0.6) is 0 Å². The maximum atomic E-state index is 9.20. The summed E-state index contributed by atoms with van der Waals surface area (Å²) in [6.45, 7) is 10.6. The van der Waals surface area contributed by atoms with E-state index in [1.54, 1.807) is 0 Å². The first-order valence-electron chi connectivity index (χ1n) is 5.65. The van der Waals surface area contributed by atoms with Crippen LogP contribution in [0.25, 0.3) is 0 Å². The molecule has 0 rings (SSSR count). The van der Waals surface area contributed by atoms with Crippen LogP contribution >= 0.6 is 0 Å². The first-order chi connectivity index (χ1) is 6.72. The van der Waals surface area contributed by atoms with Gasteiger partial charge in [-0.15, -0.1) is 0 Å². The fourth-order valence-electron chi connectivity index (χ4n) is 1.70. The van der Waals surface area contributed by atoms with Crippen molar-refractivity contribution < 1.29 is 14.9 Å². The Morgan fingerprint density at radius 1 is 1.20 bits per heavy atom. The van der Waals surface area contributed by atoms with Crippen LogP contribution in [0.3, 0.4) is 0 Å². The third kappa shape index (κ3) is 6.88. The zero-order valence-corrected chi connectivity index (χ0v) is 10.7. The van der Waals surface area contributed by atoms with Crippen molar-refractivity contribution in [2.45, 2.75) is 59.2 Å². The van der Waals surface area contributed by atoms with Crippen molar-refractivity contribution in [3.8, 4) is 0 Å². The van der Waals surface area contributed by atoms with Gasteiger partial charge in [0, 0.05) is 0 Å². The molecule has 0 aliphatic rings. The fraction of sp³-hybridized carbons (Fsp3) is 1.00. The Kier molecular flexibility index (Phi) is 5.78. The monoisotopic (exact) mass is 218 g/mol. The van der Waals surface area contributed by atoms with Crippen LogP contribution in [0.15, 0.2) is 0 Å². The molecule has 0 aliphatic carbocycles. The number of hydrogen-bond acceptors (Lipinski definition) is 3. The van der Waals surface area contributed by atoms with Gasteiger partial charge >= 0.3 is 0 Å². The standard InChI is InChI=1S/C12H26O3/c1-6-11(2,3)9-12(4,5)15-8-10(14)7-13/h10,13-14H,6-9H2,1-5H3. The molecule has 1 atom stereocenters. The fourth-order valence-corrected chi connectivity index (χ4v) is 1.70. The number of hydrogen-bond donors (Lipinski definition) is 2. The Balaban J connectivity index is 4.07. The molecule has 0 saturated carbocycles. The van der Waals surface area contributed by atoms with Crippen molar-refractivity contribution in [1.29, 1.82) is 0 Å². The second kappa shape index (κ2) is 5.83. The molecule has 0 bridgehead atoms. The molecule has 2 N–H and O–H groups in total. The summed E-state index contributed by atoms with van der Waals surface area (Å²) in [5, 5.41) is 17.9. The number of aliphatic hydroxyl groups is 2. The van der Waals surface area contributed by atoms with Crippen molar-refractivity contribution in [3.63, 3.8) is 0 Å². The molecule has 0 aromatic rings. The normalized spacial score (nSPS) is 15.4. The lowest BCUT2D eigenvalue weighted by molar-refractivity contribution is -0.0877. The van der Waals surface area contributed by atoms with E-state index in [4.69, 9.17) is 9.84 Å². The highest BCUT2D eigenvalue weighted by Gasteiger charge is 2.28. The Morgan fingerprint density at radius 2 is 1.73 bits per heavy atom. The zero-order chi connectivity index (χ0) is 12.1. The minimum absolute atomic E-state index is 0.198. The summed E-state index contributed by atoms with van der Waals surface area (Å²) in [6, 6.07) is 0. The van der Waals surface area contributed by atoms with Gasteiger partial charge in [-0.1, -0.05) is 27.2 Å². The molecule has 0 amide bonds. The third-order valence-corrected chi connectivity index (χ3v) is 2.74. The first kappa shape index (κ1) is 14.9. The molecule has 0 radical (unpaired) electrons. The largest absolute Gasteiger partial charge is 0.394 e. The molecule has 0 saturated heterocycles. The maximum absolute atomic E-state index is 9.20. The van der Waals surface area contributed by atoms with Crippen LogP contribution < -0.4 is 0 Å². The van der Waals surface area contributed by atoms with Crippen molar-refractivity contribution in [2.24, 2.45) is 5.41 Å². The molecular weight excluding hydrogens is 192 g/mol. The Hall–Kier alpha value is -0.120. The van der Waals surface area contributed by atoms with E-state index in [-0.39, 0.29) is 24.2 Å². The van der Waals surface area contributed by atoms with Gasteiger partial charge in [-0.3, -0.25) is 0 Å². The van der Waals surface area contributed by atoms with E-state index >= 15 is 0 Å². The molecule has 15 heavy (non-hydrogen) atoms. The first-order valence-corrected chi connectivity index (χ1v) is 5.65. The van der Waals surface area contributed by atoms with E-state index in [1.807, 2.05) is 13.8 Å². The highest BCUT2D eigenvalue weighted by atomic mass is 16.5. The zero-order valence-electron chi connectivity index (χ0n) is 10.7. The predicted molar refractivity (Wildman–Crippen MR) is 61.8 cm³/mol. The molecule has 0 aliphatic heterocycles. The van der Waals surface area contributed by atoms with E-state index in [0.29, 0.717) is 0 Å². The van der Waals surface area contributed by atoms with Gasteiger partial charge in [0.25, 0.3) is 0 Å². The van der Waals surface area contributed by atoms with Crippen LogP contribution in [0.1, 0.15) is 47.5 Å². The SMILES string of the molecule is CCC(C)(C)CC(C)(C)OCC(O)CO. The van der Waals surface area contributed by atoms with Gasteiger partial charge in [-0.25, -0.2) is 0 Å². The quantitative estimate of drug-likeness (QED) is 0.687. The molecule has 0 aromatic heterocycles. The highest BCUT2D eigenvalue weighted by molar-refractivity contribution is 4.79. The maximum Gasteiger partial charge on any atom is 0.100 e. The number of aliphatic hydroxyl groups excluding tert-OH is 2. The molecular formula is C12H26O3. The second-order valence-electron chi connectivity index (χ2n) is 5.60. The average Bonchev–Trinajstić information content (AvgIpc) is 2.13. The molecule has 1 unspecified atom stereocenters. The van der Waals surface area contributed by atoms with Crippen LogP contribution in [0.4, 0.5) is 0 Å². The lowest BCUT2D eigenvalue weighted by Crippen LogP contribution is -2.35. The van der Waals surface area contributed by atoms with E-state index < -0.39 is 6.10 Å². The summed E-state index contributed by atoms with van der Waals surface area (Å²) in [7, 11) is 0. The lowest BCUT2D eigenvalue weighted by atomic mass is 9.80. The molecule has 3 nitrogen and oxygen atoms in total. The molecule has 0 heterocycles. The van der Waals surface area contributed by atoms with Crippen molar-refractivity contribution >= 4 is 0 Å². The summed E-state index contributed by atoms with van der Waals surface area (Å²) in [4.78, 5) is 0. The summed E-state index contributed by atoms with van der Waals surface area (Å²) < 4.78 is 5.61. The number of ether oxygens (including phenoxy) is 1. The predicted octanol–water partition coefficient (Wildman–Crippen LogP) is 1.96. The van der Waals surface area contributed by atoms with Crippen molar-refractivity contribution in [3.05, 3.63) is 0 Å². The van der Waals surface area contributed by atoms with Crippen LogP contribution in [0.2, 0.25) is 0 Å². The van der Waals surface area contributed by atoms with Gasteiger partial charge < -0.3 is 14.9 Å². The Labute approximate surface area is 93.5 Å². The van der Waals surface area contributed by atoms with E-state index in [0.717, 1.165) is 12.8 Å². The topological polar surface area (TPSA) is 49.7 Å². The van der Waals surface area contributed by atoms with Crippen molar-refractivity contribution in [2.75, 3.05) is 13.2 Å². The lowest BCUT2D eigenvalue weighted by Gasteiger charge is -2.34. The summed E-state index contributed by atoms with van der Waals surface area (Å²) in [6.07, 6.45) is 1.27. The van der Waals surface area contributed by atoms with Crippen LogP contribution in [-0.4, -0.2) is 35.1 Å². The minimum atomic E-state index is -0.769. The highest BCUT2D eigenvalue weighted by Crippen LogP contribution is 2.32. The van der Waals surface area contributed by atoms with E-state index in [1.165, 1.54) is 0 Å². The van der Waals surface area contributed by atoms with E-state index in [2.05, 4.69) is 20.8 Å². The van der Waals surface area contributed by atoms with Crippen LogP contribution in [0, 0.1) is 5.41 Å². The van der Waals surface area contributed by atoms with Gasteiger partial charge in [0.1, 0.15) is 6.10 Å². The van der Waals surface area contributed by atoms with Gasteiger partial charge in [0.05, 0.1) is 18.8 Å². The summed E-state index contributed by atoms with van der Waals surface area (Å²) in [5.41, 5.74) is -0.0106. The number of rotatable bonds is 7. The third-order valence-electron chi connectivity index (χ3n) is 2.74. The average molecular weight is 218 g/mol. The van der Waals surface area contributed by atoms with Gasteiger partial charge in [-0.2, -0.15) is 0 Å². The van der Waals surface area contributed by atoms with Gasteiger partial charge in [0.2, 0.25) is 0 Å². The van der Waals surface area contributed by atoms with E-state index in [9.17, 15) is 5.11 Å². The molecule has 3 heteroatoms. The molecule has 0 fully saturated rings. The van der Waals surface area contributed by atoms with Crippen molar-refractivity contribution in [1.82, 2.24) is 0 Å². The molecule has 0 aromatic carbocycles. The summed E-state index contributed by atoms with van der Waals surface area (Å²) >= 11 is 0. The van der Waals surface area contributed by atoms with Crippen LogP contribution in [-0.2, 0) is 4.74 Å². The summed E-state index contributed by atoms with van der Waals surface area (Å²) in [5.74, 6) is 0. The smallest absolute Gasteiger partial charge is 0.100 e. The Morgan fingerprint density at radius 3 is 2.13 bits per heavy atom. The molecule has 92 valence electrons. The van der Waals surface area contributed by atoms with Gasteiger partial charge in [0.15, 0.2) is 0 Å². The minimum Gasteiger partial charge on any atom is -0.394 e.